The predicted molar refractivity (Wildman–Crippen MR) is 100 cm³/mol. The van der Waals surface area contributed by atoms with Crippen LogP contribution in [0.15, 0.2) is 53.4 Å². The van der Waals surface area contributed by atoms with Crippen molar-refractivity contribution in [1.29, 1.82) is 0 Å². The fraction of sp³-hybridized carbons (Fsp3) is 0.118. The van der Waals surface area contributed by atoms with Gasteiger partial charge in [-0.15, -0.1) is 5.10 Å². The summed E-state index contributed by atoms with van der Waals surface area (Å²) in [7, 11) is -4.02. The smallest absolute Gasteiger partial charge is 0.264 e. The van der Waals surface area contributed by atoms with Crippen LogP contribution in [0.5, 0.6) is 0 Å². The number of nitrogens with one attached hydrogen (secondary N) is 2. The molecule has 3 aromatic rings. The second-order valence-corrected chi connectivity index (χ2v) is 8.20. The summed E-state index contributed by atoms with van der Waals surface area (Å²) in [5.74, 6) is -0.913. The van der Waals surface area contributed by atoms with Crippen molar-refractivity contribution in [3.63, 3.8) is 0 Å². The van der Waals surface area contributed by atoms with E-state index < -0.39 is 21.9 Å². The number of sulfonamides is 1. The Balaban J connectivity index is 1.67. The first kappa shape index (κ1) is 18.4. The highest BCUT2D eigenvalue weighted by atomic mass is 35.5. The van der Waals surface area contributed by atoms with E-state index in [1.54, 1.807) is 24.3 Å². The van der Waals surface area contributed by atoms with Crippen LogP contribution in [0, 0.1) is 5.82 Å². The Labute approximate surface area is 164 Å². The fourth-order valence-electron chi connectivity index (χ4n) is 2.84. The van der Waals surface area contributed by atoms with Crippen LogP contribution in [0.4, 0.5) is 16.3 Å². The molecule has 0 saturated carbocycles. The molecule has 1 amide bonds. The first-order valence-electron chi connectivity index (χ1n) is 8.12. The van der Waals surface area contributed by atoms with Gasteiger partial charge in [-0.3, -0.25) is 10.1 Å². The summed E-state index contributed by atoms with van der Waals surface area (Å²) in [6, 6.07) is 10.8. The Morgan fingerprint density at radius 3 is 2.50 bits per heavy atom. The van der Waals surface area contributed by atoms with Crippen LogP contribution in [-0.4, -0.2) is 29.1 Å². The number of carbonyl (C=O) groups is 1. The van der Waals surface area contributed by atoms with Gasteiger partial charge in [0.15, 0.2) is 0 Å². The van der Waals surface area contributed by atoms with E-state index in [0.717, 1.165) is 29.8 Å². The molecule has 28 heavy (non-hydrogen) atoms. The van der Waals surface area contributed by atoms with E-state index in [9.17, 15) is 17.6 Å². The minimum absolute atomic E-state index is 0.113. The van der Waals surface area contributed by atoms with Gasteiger partial charge < -0.3 is 0 Å². The summed E-state index contributed by atoms with van der Waals surface area (Å²) in [6.07, 6.45) is 0.113. The molecule has 1 atom stereocenters. The number of benzene rings is 2. The molecule has 0 bridgehead atoms. The number of hydrogen-bond acceptors (Lipinski definition) is 5. The molecule has 0 saturated heterocycles. The molecule has 2 N–H and O–H groups in total. The molecule has 144 valence electrons. The van der Waals surface area contributed by atoms with E-state index >= 15 is 0 Å². The maximum atomic E-state index is 13.0. The molecule has 1 aliphatic rings. The first-order valence-corrected chi connectivity index (χ1v) is 9.98. The SMILES string of the molecule is O=C1C[C@@H](c2ccc(Cl)cc2)n2nc(NS(=O)(=O)c3ccc(F)cc3)nc2N1. The lowest BCUT2D eigenvalue weighted by atomic mass is 10.0. The molecule has 2 aromatic carbocycles. The first-order chi connectivity index (χ1) is 13.3. The van der Waals surface area contributed by atoms with Crippen molar-refractivity contribution in [1.82, 2.24) is 14.8 Å². The highest BCUT2D eigenvalue weighted by Gasteiger charge is 2.30. The lowest BCUT2D eigenvalue weighted by molar-refractivity contribution is -0.117. The molecule has 1 aliphatic heterocycles. The number of nitrogens with zero attached hydrogens (tertiary/aromatic N) is 3. The van der Waals surface area contributed by atoms with Crippen LogP contribution in [-0.2, 0) is 14.8 Å². The summed E-state index contributed by atoms with van der Waals surface area (Å²) in [6.45, 7) is 0. The average molecular weight is 422 g/mol. The van der Waals surface area contributed by atoms with Crippen LogP contribution < -0.4 is 10.0 Å². The van der Waals surface area contributed by atoms with Crippen LogP contribution in [0.1, 0.15) is 18.0 Å². The standard InChI is InChI=1S/C17H13ClFN5O3S/c18-11-3-1-10(2-4-11)14-9-15(25)20-17-21-16(22-24(14)17)23-28(26,27)13-7-5-12(19)6-8-13/h1-8,14H,9H2,(H2,20,21,22,23,25)/t14-/m0/s1. The molecule has 0 spiro atoms. The quantitative estimate of drug-likeness (QED) is 0.673. The summed E-state index contributed by atoms with van der Waals surface area (Å²) in [5.41, 5.74) is 0.776. The van der Waals surface area contributed by atoms with Gasteiger partial charge in [0.25, 0.3) is 16.0 Å². The van der Waals surface area contributed by atoms with Gasteiger partial charge in [0.05, 0.1) is 17.4 Å². The van der Waals surface area contributed by atoms with Crippen molar-refractivity contribution in [2.75, 3.05) is 10.0 Å². The molecule has 0 fully saturated rings. The molecule has 4 rings (SSSR count). The fourth-order valence-corrected chi connectivity index (χ4v) is 3.91. The number of aromatic nitrogens is 3. The van der Waals surface area contributed by atoms with Gasteiger partial charge in [0.2, 0.25) is 11.9 Å². The van der Waals surface area contributed by atoms with Crippen molar-refractivity contribution < 1.29 is 17.6 Å². The largest absolute Gasteiger partial charge is 0.295 e. The Hall–Kier alpha value is -2.98. The third-order valence-electron chi connectivity index (χ3n) is 4.16. The number of halogens is 2. The number of anilines is 2. The molecule has 11 heteroatoms. The number of amides is 1. The van der Waals surface area contributed by atoms with Crippen LogP contribution in [0.25, 0.3) is 0 Å². The van der Waals surface area contributed by atoms with Gasteiger partial charge in [0.1, 0.15) is 5.82 Å². The van der Waals surface area contributed by atoms with E-state index in [4.69, 9.17) is 11.6 Å². The molecule has 1 aromatic heterocycles. The molecular formula is C17H13ClFN5O3S. The third-order valence-corrected chi connectivity index (χ3v) is 5.76. The third kappa shape index (κ3) is 3.56. The van der Waals surface area contributed by atoms with Crippen molar-refractivity contribution in [2.24, 2.45) is 0 Å². The van der Waals surface area contributed by atoms with Crippen molar-refractivity contribution in [3.05, 3.63) is 64.9 Å². The van der Waals surface area contributed by atoms with E-state index in [2.05, 4.69) is 20.1 Å². The zero-order valence-electron chi connectivity index (χ0n) is 14.1. The van der Waals surface area contributed by atoms with E-state index in [1.165, 1.54) is 4.68 Å². The number of rotatable bonds is 4. The monoisotopic (exact) mass is 421 g/mol. The van der Waals surface area contributed by atoms with Gasteiger partial charge in [-0.05, 0) is 42.0 Å². The van der Waals surface area contributed by atoms with E-state index in [-0.39, 0.29) is 29.1 Å². The molecule has 0 radical (unpaired) electrons. The molecule has 8 nitrogen and oxygen atoms in total. The zero-order valence-corrected chi connectivity index (χ0v) is 15.7. The van der Waals surface area contributed by atoms with Gasteiger partial charge in [-0.25, -0.2) is 22.2 Å². The Kier molecular flexibility index (Phi) is 4.52. The van der Waals surface area contributed by atoms with Crippen molar-refractivity contribution >= 4 is 39.4 Å². The Bertz CT molecular complexity index is 1150. The van der Waals surface area contributed by atoms with Gasteiger partial charge in [-0.1, -0.05) is 23.7 Å². The summed E-state index contributed by atoms with van der Waals surface area (Å²) < 4.78 is 41.6. The minimum Gasteiger partial charge on any atom is -0.295 e. The zero-order chi connectivity index (χ0) is 19.9. The minimum atomic E-state index is -4.02. The average Bonchev–Trinajstić information content (AvgIpc) is 3.03. The highest BCUT2D eigenvalue weighted by molar-refractivity contribution is 7.92. The molecular weight excluding hydrogens is 409 g/mol. The van der Waals surface area contributed by atoms with Crippen LogP contribution in [0.3, 0.4) is 0 Å². The van der Waals surface area contributed by atoms with Gasteiger partial charge in [-0.2, -0.15) is 4.98 Å². The summed E-state index contributed by atoms with van der Waals surface area (Å²) in [5, 5.41) is 7.30. The summed E-state index contributed by atoms with van der Waals surface area (Å²) in [4.78, 5) is 15.9. The lowest BCUT2D eigenvalue weighted by Crippen LogP contribution is -2.29. The van der Waals surface area contributed by atoms with E-state index in [1.807, 2.05) is 0 Å². The second-order valence-electron chi connectivity index (χ2n) is 6.08. The van der Waals surface area contributed by atoms with Crippen molar-refractivity contribution in [3.8, 4) is 0 Å². The molecule has 2 heterocycles. The summed E-state index contributed by atoms with van der Waals surface area (Å²) >= 11 is 5.91. The maximum absolute atomic E-state index is 13.0. The number of fused-ring (bicyclic) bond motifs is 1. The Morgan fingerprint density at radius 1 is 1.14 bits per heavy atom. The Morgan fingerprint density at radius 2 is 1.82 bits per heavy atom. The van der Waals surface area contributed by atoms with Gasteiger partial charge in [0, 0.05) is 5.02 Å². The number of hydrogen-bond donors (Lipinski definition) is 2. The lowest BCUT2D eigenvalue weighted by Gasteiger charge is -2.23. The maximum Gasteiger partial charge on any atom is 0.264 e. The normalized spacial score (nSPS) is 16.4. The van der Waals surface area contributed by atoms with Crippen LogP contribution >= 0.6 is 11.6 Å². The van der Waals surface area contributed by atoms with Crippen LogP contribution in [0.2, 0.25) is 5.02 Å². The molecule has 0 unspecified atom stereocenters. The topological polar surface area (TPSA) is 106 Å². The predicted octanol–water partition coefficient (Wildman–Crippen LogP) is 2.80. The van der Waals surface area contributed by atoms with Gasteiger partial charge >= 0.3 is 0 Å². The van der Waals surface area contributed by atoms with E-state index in [0.29, 0.717) is 5.02 Å². The van der Waals surface area contributed by atoms with Crippen molar-refractivity contribution in [2.45, 2.75) is 17.4 Å². The highest BCUT2D eigenvalue weighted by Crippen LogP contribution is 2.30. The molecule has 0 aliphatic carbocycles. The number of carbonyl (C=O) groups excluding carboxylic acids is 1. The second kappa shape index (κ2) is 6.88.